The second-order valence-corrected chi connectivity index (χ2v) is 5.46. The molecule has 2 rings (SSSR count). The van der Waals surface area contributed by atoms with E-state index in [0.29, 0.717) is 45.1 Å². The topological polar surface area (TPSA) is 42.0 Å². The fraction of sp³-hybridized carbons (Fsp3) is 0.562. The molecule has 0 saturated carbocycles. The third-order valence-corrected chi connectivity index (χ3v) is 3.83. The number of carbonyl (C=O) groups excluding carboxylic acids is 1. The van der Waals surface area contributed by atoms with Crippen LogP contribution in [0.2, 0.25) is 0 Å². The number of carbonyl (C=O) groups is 1. The Balaban J connectivity index is 1.85. The first kappa shape index (κ1) is 18.5. The van der Waals surface area contributed by atoms with Gasteiger partial charge in [-0.15, -0.1) is 0 Å². The van der Waals surface area contributed by atoms with Crippen molar-refractivity contribution in [1.82, 2.24) is 4.90 Å². The van der Waals surface area contributed by atoms with Gasteiger partial charge < -0.3 is 19.3 Å². The Kier molecular flexibility index (Phi) is 6.44. The highest BCUT2D eigenvalue weighted by Crippen LogP contribution is 2.31. The zero-order chi connectivity index (χ0) is 17.6. The van der Waals surface area contributed by atoms with Crippen molar-refractivity contribution in [3.05, 3.63) is 29.8 Å². The molecule has 8 heteroatoms. The van der Waals surface area contributed by atoms with Gasteiger partial charge in [-0.2, -0.15) is 13.2 Å². The number of halogens is 3. The summed E-state index contributed by atoms with van der Waals surface area (Å²) in [7, 11) is 1.55. The van der Waals surface area contributed by atoms with Crippen LogP contribution in [0.4, 0.5) is 18.9 Å². The van der Waals surface area contributed by atoms with Gasteiger partial charge >= 0.3 is 6.18 Å². The predicted molar refractivity (Wildman–Crippen MR) is 82.9 cm³/mol. The summed E-state index contributed by atoms with van der Waals surface area (Å²) < 4.78 is 48.4. The molecule has 0 atom stereocenters. The molecular weight excluding hydrogens is 325 g/mol. The van der Waals surface area contributed by atoms with E-state index in [9.17, 15) is 18.0 Å². The van der Waals surface area contributed by atoms with Crippen LogP contribution >= 0.6 is 0 Å². The summed E-state index contributed by atoms with van der Waals surface area (Å²) in [5.41, 5.74) is -0.140. The highest BCUT2D eigenvalue weighted by molar-refractivity contribution is 5.77. The van der Waals surface area contributed by atoms with Crippen molar-refractivity contribution >= 4 is 11.6 Å². The van der Waals surface area contributed by atoms with E-state index in [4.69, 9.17) is 9.47 Å². The first-order valence-corrected chi connectivity index (χ1v) is 7.68. The van der Waals surface area contributed by atoms with Crippen molar-refractivity contribution in [3.63, 3.8) is 0 Å². The normalized spacial score (nSPS) is 15.7. The molecule has 1 aliphatic rings. The average molecular weight is 346 g/mol. The molecule has 134 valence electrons. The SMILES string of the molecule is COCCOCC(=O)N1CCN(c2cccc(C(F)(F)F)c2)CC1. The summed E-state index contributed by atoms with van der Waals surface area (Å²) in [5, 5.41) is 0. The number of amides is 1. The van der Waals surface area contributed by atoms with Crippen LogP contribution in [-0.2, 0) is 20.4 Å². The standard InChI is InChI=1S/C16H21F3N2O3/c1-23-9-10-24-12-15(22)21-7-5-20(6-8-21)14-4-2-3-13(11-14)16(17,18)19/h2-4,11H,5-10,12H2,1H3. The lowest BCUT2D eigenvalue weighted by atomic mass is 10.1. The number of rotatable bonds is 6. The van der Waals surface area contributed by atoms with Gasteiger partial charge in [0.15, 0.2) is 0 Å². The number of benzene rings is 1. The van der Waals surface area contributed by atoms with Gasteiger partial charge in [0.2, 0.25) is 5.91 Å². The Morgan fingerprint density at radius 1 is 1.17 bits per heavy atom. The molecule has 1 amide bonds. The molecule has 1 heterocycles. The second-order valence-electron chi connectivity index (χ2n) is 5.46. The summed E-state index contributed by atoms with van der Waals surface area (Å²) >= 11 is 0. The maximum atomic E-state index is 12.8. The highest BCUT2D eigenvalue weighted by atomic mass is 19.4. The lowest BCUT2D eigenvalue weighted by Crippen LogP contribution is -2.49. The quantitative estimate of drug-likeness (QED) is 0.739. The smallest absolute Gasteiger partial charge is 0.382 e. The molecule has 1 aromatic rings. The van der Waals surface area contributed by atoms with Crippen molar-refractivity contribution in [3.8, 4) is 0 Å². The summed E-state index contributed by atoms with van der Waals surface area (Å²) in [6.45, 7) is 2.68. The molecule has 1 fully saturated rings. The molecule has 0 radical (unpaired) electrons. The van der Waals surface area contributed by atoms with Crippen molar-refractivity contribution < 1.29 is 27.4 Å². The predicted octanol–water partition coefficient (Wildman–Crippen LogP) is 2.02. The summed E-state index contributed by atoms with van der Waals surface area (Å²) in [5.74, 6) is -0.116. The second kappa shape index (κ2) is 8.34. The fourth-order valence-electron chi connectivity index (χ4n) is 2.49. The van der Waals surface area contributed by atoms with Crippen molar-refractivity contribution in [1.29, 1.82) is 0 Å². The van der Waals surface area contributed by atoms with E-state index >= 15 is 0 Å². The Labute approximate surface area is 138 Å². The zero-order valence-electron chi connectivity index (χ0n) is 13.5. The monoisotopic (exact) mass is 346 g/mol. The molecule has 0 unspecified atom stereocenters. The largest absolute Gasteiger partial charge is 0.416 e. The van der Waals surface area contributed by atoms with E-state index in [0.717, 1.165) is 12.1 Å². The average Bonchev–Trinajstić information content (AvgIpc) is 2.58. The molecule has 1 aromatic carbocycles. The number of anilines is 1. The van der Waals surface area contributed by atoms with Crippen LogP contribution in [0.5, 0.6) is 0 Å². The Morgan fingerprint density at radius 2 is 1.88 bits per heavy atom. The van der Waals surface area contributed by atoms with Gasteiger partial charge in [-0.1, -0.05) is 6.07 Å². The Hall–Kier alpha value is -1.80. The van der Waals surface area contributed by atoms with Crippen LogP contribution in [0.25, 0.3) is 0 Å². The number of nitrogens with zero attached hydrogens (tertiary/aromatic N) is 2. The number of hydrogen-bond acceptors (Lipinski definition) is 4. The minimum Gasteiger partial charge on any atom is -0.382 e. The fourth-order valence-corrected chi connectivity index (χ4v) is 2.49. The van der Waals surface area contributed by atoms with Crippen LogP contribution in [0.1, 0.15) is 5.56 Å². The van der Waals surface area contributed by atoms with E-state index in [-0.39, 0.29) is 12.5 Å². The first-order chi connectivity index (χ1) is 11.4. The highest BCUT2D eigenvalue weighted by Gasteiger charge is 2.31. The first-order valence-electron chi connectivity index (χ1n) is 7.68. The number of methoxy groups -OCH3 is 1. The van der Waals surface area contributed by atoms with Gasteiger partial charge in [-0.05, 0) is 18.2 Å². The maximum Gasteiger partial charge on any atom is 0.416 e. The molecular formula is C16H21F3N2O3. The summed E-state index contributed by atoms with van der Waals surface area (Å²) in [6.07, 6.45) is -4.35. The van der Waals surface area contributed by atoms with Crippen LogP contribution < -0.4 is 4.90 Å². The third kappa shape index (κ3) is 5.10. The summed E-state index contributed by atoms with van der Waals surface area (Å²) in [4.78, 5) is 15.5. The molecule has 0 N–H and O–H groups in total. The van der Waals surface area contributed by atoms with Crippen LogP contribution in [0.15, 0.2) is 24.3 Å². The van der Waals surface area contributed by atoms with E-state index < -0.39 is 11.7 Å². The maximum absolute atomic E-state index is 12.8. The Morgan fingerprint density at radius 3 is 2.50 bits per heavy atom. The van der Waals surface area contributed by atoms with Gasteiger partial charge in [-0.3, -0.25) is 4.79 Å². The van der Waals surface area contributed by atoms with Crippen LogP contribution in [-0.4, -0.2) is 63.9 Å². The van der Waals surface area contributed by atoms with Crippen LogP contribution in [0, 0.1) is 0 Å². The molecule has 1 aliphatic heterocycles. The third-order valence-electron chi connectivity index (χ3n) is 3.83. The van der Waals surface area contributed by atoms with E-state index in [2.05, 4.69) is 0 Å². The molecule has 0 aliphatic carbocycles. The van der Waals surface area contributed by atoms with Gasteiger partial charge in [0, 0.05) is 39.0 Å². The molecule has 1 saturated heterocycles. The van der Waals surface area contributed by atoms with Crippen molar-refractivity contribution in [2.24, 2.45) is 0 Å². The molecule has 24 heavy (non-hydrogen) atoms. The van der Waals surface area contributed by atoms with Gasteiger partial charge in [0.05, 0.1) is 18.8 Å². The number of hydrogen-bond donors (Lipinski definition) is 0. The van der Waals surface area contributed by atoms with Gasteiger partial charge in [0.25, 0.3) is 0 Å². The number of ether oxygens (including phenoxy) is 2. The number of piperazine rings is 1. The lowest BCUT2D eigenvalue weighted by Gasteiger charge is -2.36. The number of alkyl halides is 3. The minimum atomic E-state index is -4.35. The van der Waals surface area contributed by atoms with Crippen molar-refractivity contribution in [2.45, 2.75) is 6.18 Å². The van der Waals surface area contributed by atoms with Crippen molar-refractivity contribution in [2.75, 3.05) is 58.0 Å². The molecule has 0 aromatic heterocycles. The van der Waals surface area contributed by atoms with E-state index in [1.165, 1.54) is 6.07 Å². The molecule has 0 spiro atoms. The minimum absolute atomic E-state index is 0.00702. The van der Waals surface area contributed by atoms with E-state index in [1.807, 2.05) is 4.90 Å². The van der Waals surface area contributed by atoms with Crippen LogP contribution in [0.3, 0.4) is 0 Å². The summed E-state index contributed by atoms with van der Waals surface area (Å²) in [6, 6.07) is 5.26. The lowest BCUT2D eigenvalue weighted by molar-refractivity contribution is -0.137. The molecule has 5 nitrogen and oxygen atoms in total. The Bertz CT molecular complexity index is 544. The van der Waals surface area contributed by atoms with Gasteiger partial charge in [0.1, 0.15) is 6.61 Å². The molecule has 0 bridgehead atoms. The van der Waals surface area contributed by atoms with Gasteiger partial charge in [-0.25, -0.2) is 0 Å². The van der Waals surface area contributed by atoms with E-state index in [1.54, 1.807) is 18.1 Å². The zero-order valence-corrected chi connectivity index (χ0v) is 13.5.